The maximum absolute atomic E-state index is 10.9. The molecule has 0 aromatic carbocycles. The van der Waals surface area contributed by atoms with Crippen LogP contribution < -0.4 is 0 Å². The minimum Gasteiger partial charge on any atom is -0.465 e. The number of hydrogen-bond acceptors (Lipinski definition) is 3. The molecule has 0 saturated heterocycles. The first-order valence-electron chi connectivity index (χ1n) is 5.04. The van der Waals surface area contributed by atoms with Gasteiger partial charge in [0.25, 0.3) is 0 Å². The van der Waals surface area contributed by atoms with Crippen molar-refractivity contribution in [2.75, 3.05) is 6.54 Å². The zero-order valence-electron chi connectivity index (χ0n) is 8.50. The molecule has 3 heterocycles. The summed E-state index contributed by atoms with van der Waals surface area (Å²) in [5.74, 6) is 0. The van der Waals surface area contributed by atoms with Gasteiger partial charge in [-0.1, -0.05) is 0 Å². The largest absolute Gasteiger partial charge is 0.465 e. The predicted octanol–water partition coefficient (Wildman–Crippen LogP) is 0.765. The van der Waals surface area contributed by atoms with E-state index < -0.39 is 6.09 Å². The average Bonchev–Trinajstić information content (AvgIpc) is 2.71. The van der Waals surface area contributed by atoms with Crippen LogP contribution in [0.4, 0.5) is 4.79 Å². The highest BCUT2D eigenvalue weighted by Crippen LogP contribution is 2.17. The monoisotopic (exact) mass is 218 g/mol. The summed E-state index contributed by atoms with van der Waals surface area (Å²) >= 11 is 0. The molecule has 3 rings (SSSR count). The Kier molecular flexibility index (Phi) is 1.82. The number of aromatic nitrogens is 3. The molecule has 1 N–H and O–H groups in total. The fourth-order valence-electron chi connectivity index (χ4n) is 1.95. The molecule has 1 aliphatic heterocycles. The van der Waals surface area contributed by atoms with Gasteiger partial charge in [0.15, 0.2) is 5.65 Å². The van der Waals surface area contributed by atoms with E-state index in [2.05, 4.69) is 10.1 Å². The van der Waals surface area contributed by atoms with Gasteiger partial charge in [0, 0.05) is 18.8 Å². The molecule has 0 aliphatic carbocycles. The number of carboxylic acid groups (broad SMARTS) is 1. The predicted molar refractivity (Wildman–Crippen MR) is 55.1 cm³/mol. The highest BCUT2D eigenvalue weighted by Gasteiger charge is 2.21. The van der Waals surface area contributed by atoms with Crippen molar-refractivity contribution in [2.24, 2.45) is 0 Å². The highest BCUT2D eigenvalue weighted by atomic mass is 16.4. The SMILES string of the molecule is O=C(O)N1CCc2cn3nccc3nc2C1. The third-order valence-corrected chi connectivity index (χ3v) is 2.81. The Morgan fingerprint density at radius 2 is 2.38 bits per heavy atom. The van der Waals surface area contributed by atoms with E-state index in [9.17, 15) is 4.79 Å². The van der Waals surface area contributed by atoms with Crippen molar-refractivity contribution in [3.8, 4) is 0 Å². The first kappa shape index (κ1) is 9.14. The summed E-state index contributed by atoms with van der Waals surface area (Å²) in [7, 11) is 0. The third kappa shape index (κ3) is 1.30. The van der Waals surface area contributed by atoms with E-state index in [-0.39, 0.29) is 0 Å². The van der Waals surface area contributed by atoms with Gasteiger partial charge in [-0.3, -0.25) is 0 Å². The molecule has 1 amide bonds. The molecule has 16 heavy (non-hydrogen) atoms. The maximum atomic E-state index is 10.9. The Balaban J connectivity index is 2.06. The van der Waals surface area contributed by atoms with Crippen molar-refractivity contribution >= 4 is 11.7 Å². The maximum Gasteiger partial charge on any atom is 0.407 e. The van der Waals surface area contributed by atoms with Crippen LogP contribution in [-0.2, 0) is 13.0 Å². The molecule has 1 aliphatic rings. The van der Waals surface area contributed by atoms with Crippen LogP contribution in [-0.4, -0.2) is 37.2 Å². The van der Waals surface area contributed by atoms with Crippen LogP contribution in [0.5, 0.6) is 0 Å². The lowest BCUT2D eigenvalue weighted by Gasteiger charge is -2.25. The van der Waals surface area contributed by atoms with Gasteiger partial charge in [-0.05, 0) is 12.0 Å². The van der Waals surface area contributed by atoms with Gasteiger partial charge in [-0.2, -0.15) is 5.10 Å². The van der Waals surface area contributed by atoms with Crippen molar-refractivity contribution < 1.29 is 9.90 Å². The van der Waals surface area contributed by atoms with Crippen LogP contribution in [0.25, 0.3) is 5.65 Å². The molecule has 0 radical (unpaired) electrons. The van der Waals surface area contributed by atoms with Crippen LogP contribution in [0, 0.1) is 0 Å². The number of amides is 1. The van der Waals surface area contributed by atoms with Crippen molar-refractivity contribution in [3.05, 3.63) is 29.7 Å². The van der Waals surface area contributed by atoms with Crippen LogP contribution in [0.1, 0.15) is 11.3 Å². The van der Waals surface area contributed by atoms with Gasteiger partial charge in [0.05, 0.1) is 18.4 Å². The van der Waals surface area contributed by atoms with Gasteiger partial charge >= 0.3 is 6.09 Å². The fourth-order valence-corrected chi connectivity index (χ4v) is 1.95. The lowest BCUT2D eigenvalue weighted by atomic mass is 10.1. The first-order chi connectivity index (χ1) is 7.74. The van der Waals surface area contributed by atoms with E-state index in [0.29, 0.717) is 19.5 Å². The highest BCUT2D eigenvalue weighted by molar-refractivity contribution is 5.65. The van der Waals surface area contributed by atoms with E-state index in [4.69, 9.17) is 5.11 Å². The average molecular weight is 218 g/mol. The molecular weight excluding hydrogens is 208 g/mol. The molecule has 0 saturated carbocycles. The zero-order valence-corrected chi connectivity index (χ0v) is 8.50. The second kappa shape index (κ2) is 3.19. The summed E-state index contributed by atoms with van der Waals surface area (Å²) in [5, 5.41) is 13.0. The Labute approximate surface area is 91.1 Å². The summed E-state index contributed by atoms with van der Waals surface area (Å²) in [4.78, 5) is 16.6. The number of carbonyl (C=O) groups is 1. The summed E-state index contributed by atoms with van der Waals surface area (Å²) in [6.45, 7) is 0.892. The van der Waals surface area contributed by atoms with Crippen LogP contribution in [0.3, 0.4) is 0 Å². The van der Waals surface area contributed by atoms with Crippen LogP contribution in [0.2, 0.25) is 0 Å². The summed E-state index contributed by atoms with van der Waals surface area (Å²) in [5.41, 5.74) is 2.67. The Bertz CT molecular complexity index is 563. The summed E-state index contributed by atoms with van der Waals surface area (Å²) < 4.78 is 1.72. The molecule has 0 atom stereocenters. The van der Waals surface area contributed by atoms with Crippen molar-refractivity contribution in [1.82, 2.24) is 19.5 Å². The smallest absolute Gasteiger partial charge is 0.407 e. The van der Waals surface area contributed by atoms with E-state index >= 15 is 0 Å². The third-order valence-electron chi connectivity index (χ3n) is 2.81. The lowest BCUT2D eigenvalue weighted by Crippen LogP contribution is -2.35. The van der Waals surface area contributed by atoms with Crippen molar-refractivity contribution in [2.45, 2.75) is 13.0 Å². The van der Waals surface area contributed by atoms with Gasteiger partial charge < -0.3 is 10.0 Å². The quantitative estimate of drug-likeness (QED) is 0.708. The topological polar surface area (TPSA) is 70.7 Å². The van der Waals surface area contributed by atoms with Crippen LogP contribution >= 0.6 is 0 Å². The van der Waals surface area contributed by atoms with Crippen LogP contribution in [0.15, 0.2) is 18.5 Å². The Hall–Kier alpha value is -2.11. The molecule has 0 spiro atoms. The molecule has 6 heteroatoms. The standard InChI is InChI=1S/C10H10N4O2/c15-10(16)13-4-2-7-5-14-9(1-3-11-14)12-8(7)6-13/h1,3,5H,2,4,6H2,(H,15,16). The summed E-state index contributed by atoms with van der Waals surface area (Å²) in [6.07, 6.45) is 3.42. The van der Waals surface area contributed by atoms with E-state index in [0.717, 1.165) is 16.9 Å². The molecule has 2 aromatic rings. The zero-order chi connectivity index (χ0) is 11.1. The van der Waals surface area contributed by atoms with E-state index in [1.54, 1.807) is 16.8 Å². The minimum absolute atomic E-state index is 0.367. The van der Waals surface area contributed by atoms with E-state index in [1.165, 1.54) is 4.90 Å². The first-order valence-corrected chi connectivity index (χ1v) is 5.04. The van der Waals surface area contributed by atoms with E-state index in [1.807, 2.05) is 6.20 Å². The number of hydrogen-bond donors (Lipinski definition) is 1. The Morgan fingerprint density at radius 1 is 1.50 bits per heavy atom. The van der Waals surface area contributed by atoms with Crippen molar-refractivity contribution in [1.29, 1.82) is 0 Å². The lowest BCUT2D eigenvalue weighted by molar-refractivity contribution is 0.139. The summed E-state index contributed by atoms with van der Waals surface area (Å²) in [6, 6.07) is 1.81. The second-order valence-electron chi connectivity index (χ2n) is 3.80. The normalized spacial score (nSPS) is 15.1. The molecule has 0 fully saturated rings. The van der Waals surface area contributed by atoms with Gasteiger partial charge in [0.2, 0.25) is 0 Å². The molecule has 0 unspecified atom stereocenters. The molecule has 82 valence electrons. The number of fused-ring (bicyclic) bond motifs is 2. The fraction of sp³-hybridized carbons (Fsp3) is 0.300. The van der Waals surface area contributed by atoms with Gasteiger partial charge in [-0.15, -0.1) is 0 Å². The van der Waals surface area contributed by atoms with Gasteiger partial charge in [-0.25, -0.2) is 14.3 Å². The number of nitrogens with zero attached hydrogens (tertiary/aromatic N) is 4. The second-order valence-corrected chi connectivity index (χ2v) is 3.80. The Morgan fingerprint density at radius 3 is 3.19 bits per heavy atom. The molecule has 2 aromatic heterocycles. The molecule has 0 bridgehead atoms. The molecule has 6 nitrogen and oxygen atoms in total. The molecular formula is C10H10N4O2. The number of rotatable bonds is 0. The van der Waals surface area contributed by atoms with Gasteiger partial charge in [0.1, 0.15) is 0 Å². The minimum atomic E-state index is -0.888. The van der Waals surface area contributed by atoms with Crippen molar-refractivity contribution in [3.63, 3.8) is 0 Å².